The molecule has 0 saturated heterocycles. The van der Waals surface area contributed by atoms with E-state index in [0.717, 1.165) is 26.3 Å². The Bertz CT molecular complexity index is 905. The minimum Gasteiger partial charge on any atom is -0.497 e. The lowest BCUT2D eigenvalue weighted by Gasteiger charge is -2.15. The molecule has 0 unspecified atom stereocenters. The molecule has 0 fully saturated rings. The fourth-order valence-corrected chi connectivity index (χ4v) is 4.21. The van der Waals surface area contributed by atoms with Gasteiger partial charge in [0, 0.05) is 17.3 Å². The van der Waals surface area contributed by atoms with E-state index in [0.29, 0.717) is 0 Å². The van der Waals surface area contributed by atoms with E-state index in [9.17, 15) is 4.79 Å². The maximum atomic E-state index is 12.4. The van der Waals surface area contributed by atoms with Gasteiger partial charge in [-0.3, -0.25) is 4.79 Å². The molecule has 0 spiro atoms. The van der Waals surface area contributed by atoms with E-state index in [1.807, 2.05) is 61.5 Å². The Balaban J connectivity index is 1.57. The zero-order chi connectivity index (χ0) is 19.8. The van der Waals surface area contributed by atoms with Crippen molar-refractivity contribution in [3.63, 3.8) is 0 Å². The quantitative estimate of drug-likeness (QED) is 0.546. The number of rotatable bonds is 8. The molecule has 1 heterocycles. The van der Waals surface area contributed by atoms with E-state index < -0.39 is 0 Å². The molecule has 1 aromatic heterocycles. The maximum absolute atomic E-state index is 12.4. The van der Waals surface area contributed by atoms with Gasteiger partial charge in [0.15, 0.2) is 0 Å². The molecule has 7 heteroatoms. The summed E-state index contributed by atoms with van der Waals surface area (Å²) in [5.74, 6) is 1.03. The number of aromatic nitrogens is 2. The number of hydrogen-bond donors (Lipinski definition) is 1. The van der Waals surface area contributed by atoms with Gasteiger partial charge in [0.25, 0.3) is 0 Å². The van der Waals surface area contributed by atoms with Crippen LogP contribution in [0.15, 0.2) is 81.9 Å². The summed E-state index contributed by atoms with van der Waals surface area (Å²) in [5, 5.41) is 4.57. The van der Waals surface area contributed by atoms with E-state index in [1.54, 1.807) is 31.3 Å². The lowest BCUT2D eigenvalue weighted by Crippen LogP contribution is -2.28. The second kappa shape index (κ2) is 10.1. The summed E-state index contributed by atoms with van der Waals surface area (Å²) < 4.78 is 5.17. The maximum Gasteiger partial charge on any atom is 0.230 e. The molecule has 1 atom stereocenters. The highest BCUT2D eigenvalue weighted by atomic mass is 32.2. The molecular weight excluding hydrogens is 390 g/mol. The number of amides is 1. The number of methoxy groups -OCH3 is 1. The van der Waals surface area contributed by atoms with Crippen LogP contribution in [0.5, 0.6) is 5.75 Å². The standard InChI is InChI=1S/C21H21N3O2S2/c1-15(16-8-10-17(26-2)11-9-16)24-19(25)14-27-20-21(23-13-12-22-20)28-18-6-4-3-5-7-18/h3-13,15H,14H2,1-2H3,(H,24,25)/t15-/m0/s1. The third-order valence-electron chi connectivity index (χ3n) is 3.92. The number of thioether (sulfide) groups is 1. The molecule has 3 aromatic rings. The molecule has 1 amide bonds. The number of carbonyl (C=O) groups is 1. The van der Waals surface area contributed by atoms with Crippen molar-refractivity contribution in [3.05, 3.63) is 72.6 Å². The molecule has 144 valence electrons. The Labute approximate surface area is 173 Å². The van der Waals surface area contributed by atoms with Crippen LogP contribution in [0.25, 0.3) is 0 Å². The van der Waals surface area contributed by atoms with Crippen LogP contribution in [0.1, 0.15) is 18.5 Å². The minimum absolute atomic E-state index is 0.0466. The van der Waals surface area contributed by atoms with Crippen LogP contribution in [-0.2, 0) is 4.79 Å². The summed E-state index contributed by atoms with van der Waals surface area (Å²) in [6, 6.07) is 17.6. The molecule has 3 rings (SSSR count). The summed E-state index contributed by atoms with van der Waals surface area (Å²) in [6.07, 6.45) is 3.32. The van der Waals surface area contributed by atoms with Crippen LogP contribution in [0.4, 0.5) is 0 Å². The van der Waals surface area contributed by atoms with E-state index >= 15 is 0 Å². The minimum atomic E-state index is -0.0842. The van der Waals surface area contributed by atoms with Crippen molar-refractivity contribution in [2.24, 2.45) is 0 Å². The second-order valence-corrected chi connectivity index (χ2v) is 7.96. The van der Waals surface area contributed by atoms with Crippen molar-refractivity contribution in [2.75, 3.05) is 12.9 Å². The topological polar surface area (TPSA) is 64.1 Å². The van der Waals surface area contributed by atoms with Crippen molar-refractivity contribution in [3.8, 4) is 5.75 Å². The van der Waals surface area contributed by atoms with Crippen LogP contribution < -0.4 is 10.1 Å². The van der Waals surface area contributed by atoms with Crippen LogP contribution in [0.2, 0.25) is 0 Å². The lowest BCUT2D eigenvalue weighted by molar-refractivity contribution is -0.119. The molecule has 1 N–H and O–H groups in total. The van der Waals surface area contributed by atoms with Crippen LogP contribution in [-0.4, -0.2) is 28.7 Å². The molecule has 0 aliphatic carbocycles. The Kier molecular flexibility index (Phi) is 7.33. The van der Waals surface area contributed by atoms with Gasteiger partial charge in [0.1, 0.15) is 15.8 Å². The van der Waals surface area contributed by atoms with Gasteiger partial charge in [-0.05, 0) is 36.8 Å². The van der Waals surface area contributed by atoms with Gasteiger partial charge in [0.05, 0.1) is 18.9 Å². The van der Waals surface area contributed by atoms with Crippen molar-refractivity contribution < 1.29 is 9.53 Å². The monoisotopic (exact) mass is 411 g/mol. The number of hydrogen-bond acceptors (Lipinski definition) is 6. The second-order valence-electron chi connectivity index (χ2n) is 5.93. The van der Waals surface area contributed by atoms with Gasteiger partial charge < -0.3 is 10.1 Å². The highest BCUT2D eigenvalue weighted by molar-refractivity contribution is 8.02. The van der Waals surface area contributed by atoms with Gasteiger partial charge in [-0.2, -0.15) is 0 Å². The molecule has 5 nitrogen and oxygen atoms in total. The van der Waals surface area contributed by atoms with Crippen molar-refractivity contribution in [1.29, 1.82) is 0 Å². The predicted octanol–water partition coefficient (Wildman–Crippen LogP) is 4.61. The Morgan fingerprint density at radius 1 is 1.04 bits per heavy atom. The first-order valence-electron chi connectivity index (χ1n) is 8.75. The molecule has 0 aliphatic heterocycles. The summed E-state index contributed by atoms with van der Waals surface area (Å²) in [6.45, 7) is 1.96. The first-order valence-corrected chi connectivity index (χ1v) is 10.6. The third kappa shape index (κ3) is 5.74. The van der Waals surface area contributed by atoms with Crippen molar-refractivity contribution in [1.82, 2.24) is 15.3 Å². The molecular formula is C21H21N3O2S2. The Hall–Kier alpha value is -2.51. The zero-order valence-corrected chi connectivity index (χ0v) is 17.3. The molecule has 2 aromatic carbocycles. The summed E-state index contributed by atoms with van der Waals surface area (Å²) >= 11 is 2.93. The highest BCUT2D eigenvalue weighted by Gasteiger charge is 2.13. The fraction of sp³-hybridized carbons (Fsp3) is 0.190. The number of carbonyl (C=O) groups excluding carboxylic acids is 1. The number of nitrogens with zero attached hydrogens (tertiary/aromatic N) is 2. The van der Waals surface area contributed by atoms with E-state index in [2.05, 4.69) is 15.3 Å². The summed E-state index contributed by atoms with van der Waals surface area (Å²) in [7, 11) is 1.63. The smallest absolute Gasteiger partial charge is 0.230 e. The van der Waals surface area contributed by atoms with Gasteiger partial charge >= 0.3 is 0 Å². The number of ether oxygens (including phenoxy) is 1. The van der Waals surface area contributed by atoms with Crippen molar-refractivity contribution >= 4 is 29.4 Å². The van der Waals surface area contributed by atoms with Crippen LogP contribution >= 0.6 is 23.5 Å². The average Bonchev–Trinajstić information content (AvgIpc) is 2.74. The van der Waals surface area contributed by atoms with Crippen molar-refractivity contribution in [2.45, 2.75) is 27.9 Å². The zero-order valence-electron chi connectivity index (χ0n) is 15.7. The van der Waals surface area contributed by atoms with Crippen LogP contribution in [0.3, 0.4) is 0 Å². The van der Waals surface area contributed by atoms with Gasteiger partial charge in [0.2, 0.25) is 5.91 Å². The Morgan fingerprint density at radius 3 is 2.39 bits per heavy atom. The third-order valence-corrected chi connectivity index (χ3v) is 6.03. The summed E-state index contributed by atoms with van der Waals surface area (Å²) in [4.78, 5) is 22.3. The number of nitrogens with one attached hydrogen (secondary N) is 1. The van der Waals surface area contributed by atoms with E-state index in [-0.39, 0.29) is 17.7 Å². The van der Waals surface area contributed by atoms with Gasteiger partial charge in [-0.25, -0.2) is 9.97 Å². The molecule has 0 bridgehead atoms. The normalized spacial score (nSPS) is 11.6. The SMILES string of the molecule is COc1ccc([C@H](C)NC(=O)CSc2nccnc2Sc2ccccc2)cc1. The van der Waals surface area contributed by atoms with Gasteiger partial charge in [-0.1, -0.05) is 53.9 Å². The molecule has 0 saturated carbocycles. The Morgan fingerprint density at radius 2 is 1.71 bits per heavy atom. The summed E-state index contributed by atoms with van der Waals surface area (Å²) in [5.41, 5.74) is 1.03. The largest absolute Gasteiger partial charge is 0.497 e. The van der Waals surface area contributed by atoms with Gasteiger partial charge in [-0.15, -0.1) is 0 Å². The molecule has 0 radical (unpaired) electrons. The first-order chi connectivity index (χ1) is 13.7. The average molecular weight is 412 g/mol. The predicted molar refractivity (Wildman–Crippen MR) is 113 cm³/mol. The van der Waals surface area contributed by atoms with Crippen LogP contribution in [0, 0.1) is 0 Å². The molecule has 0 aliphatic rings. The first kappa shape index (κ1) is 20.2. The highest BCUT2D eigenvalue weighted by Crippen LogP contribution is 2.32. The lowest BCUT2D eigenvalue weighted by atomic mass is 10.1. The van der Waals surface area contributed by atoms with E-state index in [4.69, 9.17) is 4.74 Å². The number of benzene rings is 2. The fourth-order valence-electron chi connectivity index (χ4n) is 2.47. The molecule has 28 heavy (non-hydrogen) atoms. The van der Waals surface area contributed by atoms with E-state index in [1.165, 1.54) is 11.8 Å².